The maximum absolute atomic E-state index is 8.96. The Labute approximate surface area is 66.1 Å². The largest absolute Gasteiger partial charge is 0.393 e. The molecule has 0 fully saturated rings. The molecule has 3 heteroatoms. The van der Waals surface area contributed by atoms with Gasteiger partial charge < -0.3 is 5.11 Å². The second-order valence-corrected chi connectivity index (χ2v) is 2.55. The van der Waals surface area contributed by atoms with Gasteiger partial charge in [-0.15, -0.1) is 0 Å². The third kappa shape index (κ3) is 3.09. The molecule has 0 aliphatic heterocycles. The topological polar surface area (TPSA) is 46.0 Å². The molecule has 0 amide bonds. The lowest BCUT2D eigenvalue weighted by molar-refractivity contribution is 0.184. The molecule has 1 rings (SSSR count). The van der Waals surface area contributed by atoms with Crippen LogP contribution >= 0.6 is 0 Å². The molecule has 0 bridgehead atoms. The number of hydrogen-bond donors (Lipinski definition) is 1. The third-order valence-electron chi connectivity index (χ3n) is 1.40. The first kappa shape index (κ1) is 8.14. The standard InChI is InChI=1S/C8H12N2O/c1-7(11)3-4-8-9-5-2-6-10-8/h2,5-7,11H,3-4H2,1H3/t7-/m1/s1. The Balaban J connectivity index is 2.39. The molecule has 3 nitrogen and oxygen atoms in total. The van der Waals surface area contributed by atoms with Gasteiger partial charge in [0.15, 0.2) is 0 Å². The summed E-state index contributed by atoms with van der Waals surface area (Å²) in [5.41, 5.74) is 0. The third-order valence-corrected chi connectivity index (χ3v) is 1.40. The number of aliphatic hydroxyl groups is 1. The van der Waals surface area contributed by atoms with Gasteiger partial charge in [0.1, 0.15) is 5.82 Å². The zero-order valence-corrected chi connectivity index (χ0v) is 6.57. The van der Waals surface area contributed by atoms with Gasteiger partial charge in [-0.2, -0.15) is 0 Å². The minimum Gasteiger partial charge on any atom is -0.393 e. The van der Waals surface area contributed by atoms with Gasteiger partial charge in [-0.25, -0.2) is 9.97 Å². The quantitative estimate of drug-likeness (QED) is 0.696. The zero-order valence-electron chi connectivity index (χ0n) is 6.57. The van der Waals surface area contributed by atoms with Crippen LogP contribution in [0, 0.1) is 0 Å². The first-order chi connectivity index (χ1) is 5.29. The smallest absolute Gasteiger partial charge is 0.128 e. The van der Waals surface area contributed by atoms with Crippen molar-refractivity contribution < 1.29 is 5.11 Å². The molecular weight excluding hydrogens is 140 g/mol. The fourth-order valence-corrected chi connectivity index (χ4v) is 0.797. The number of aliphatic hydroxyl groups excluding tert-OH is 1. The van der Waals surface area contributed by atoms with Crippen LogP contribution in [0.25, 0.3) is 0 Å². The normalized spacial score (nSPS) is 12.9. The first-order valence-corrected chi connectivity index (χ1v) is 3.73. The van der Waals surface area contributed by atoms with Crippen molar-refractivity contribution in [3.8, 4) is 0 Å². The summed E-state index contributed by atoms with van der Waals surface area (Å²) in [5, 5.41) is 8.96. The highest BCUT2D eigenvalue weighted by Gasteiger charge is 1.98. The van der Waals surface area contributed by atoms with E-state index < -0.39 is 0 Å². The fourth-order valence-electron chi connectivity index (χ4n) is 0.797. The average molecular weight is 152 g/mol. The highest BCUT2D eigenvalue weighted by molar-refractivity contribution is 4.88. The molecule has 1 N–H and O–H groups in total. The second kappa shape index (κ2) is 4.03. The number of nitrogens with zero attached hydrogens (tertiary/aromatic N) is 2. The van der Waals surface area contributed by atoms with Crippen LogP contribution in [0.5, 0.6) is 0 Å². The number of aryl methyl sites for hydroxylation is 1. The average Bonchev–Trinajstić information content (AvgIpc) is 2.03. The van der Waals surface area contributed by atoms with Crippen LogP contribution in [-0.2, 0) is 6.42 Å². The molecule has 0 saturated heterocycles. The Kier molecular flexibility index (Phi) is 2.98. The molecule has 0 aromatic carbocycles. The van der Waals surface area contributed by atoms with Crippen molar-refractivity contribution in [3.05, 3.63) is 24.3 Å². The summed E-state index contributed by atoms with van der Waals surface area (Å²) in [5.74, 6) is 0.799. The van der Waals surface area contributed by atoms with Gasteiger partial charge in [0.2, 0.25) is 0 Å². The van der Waals surface area contributed by atoms with Crippen LogP contribution in [-0.4, -0.2) is 21.2 Å². The van der Waals surface area contributed by atoms with E-state index in [0.717, 1.165) is 18.7 Å². The molecule has 0 spiro atoms. The van der Waals surface area contributed by atoms with Gasteiger partial charge in [0.25, 0.3) is 0 Å². The summed E-state index contributed by atoms with van der Waals surface area (Å²) in [4.78, 5) is 8.06. The predicted octanol–water partition coefficient (Wildman–Crippen LogP) is 0.790. The highest BCUT2D eigenvalue weighted by Crippen LogP contribution is 1.97. The van der Waals surface area contributed by atoms with Crippen LogP contribution in [0.3, 0.4) is 0 Å². The van der Waals surface area contributed by atoms with Gasteiger partial charge in [-0.1, -0.05) is 0 Å². The van der Waals surface area contributed by atoms with E-state index in [-0.39, 0.29) is 6.10 Å². The number of aromatic nitrogens is 2. The van der Waals surface area contributed by atoms with Gasteiger partial charge in [-0.05, 0) is 19.4 Å². The highest BCUT2D eigenvalue weighted by atomic mass is 16.3. The Bertz CT molecular complexity index is 199. The maximum atomic E-state index is 8.96. The van der Waals surface area contributed by atoms with Crippen molar-refractivity contribution in [2.75, 3.05) is 0 Å². The van der Waals surface area contributed by atoms with Crippen LogP contribution < -0.4 is 0 Å². The summed E-state index contributed by atoms with van der Waals surface area (Å²) < 4.78 is 0. The first-order valence-electron chi connectivity index (χ1n) is 3.73. The van der Waals surface area contributed by atoms with Crippen molar-refractivity contribution in [1.29, 1.82) is 0 Å². The zero-order chi connectivity index (χ0) is 8.10. The Morgan fingerprint density at radius 2 is 2.09 bits per heavy atom. The van der Waals surface area contributed by atoms with Gasteiger partial charge in [0, 0.05) is 18.8 Å². The lowest BCUT2D eigenvalue weighted by Crippen LogP contribution is -2.03. The molecule has 1 heterocycles. The Morgan fingerprint density at radius 1 is 1.45 bits per heavy atom. The molecule has 0 aliphatic carbocycles. The van der Waals surface area contributed by atoms with Crippen molar-refractivity contribution in [1.82, 2.24) is 9.97 Å². The van der Waals surface area contributed by atoms with Crippen LogP contribution in [0.15, 0.2) is 18.5 Å². The van der Waals surface area contributed by atoms with E-state index in [9.17, 15) is 0 Å². The Morgan fingerprint density at radius 3 is 2.64 bits per heavy atom. The molecule has 1 aromatic rings. The lowest BCUT2D eigenvalue weighted by Gasteiger charge is -2.01. The molecule has 0 radical (unpaired) electrons. The van der Waals surface area contributed by atoms with Crippen molar-refractivity contribution in [2.45, 2.75) is 25.9 Å². The molecule has 0 unspecified atom stereocenters. The van der Waals surface area contributed by atoms with Crippen LogP contribution in [0.1, 0.15) is 19.2 Å². The fraction of sp³-hybridized carbons (Fsp3) is 0.500. The molecule has 0 aliphatic rings. The van der Waals surface area contributed by atoms with Crippen molar-refractivity contribution in [2.24, 2.45) is 0 Å². The molecular formula is C8H12N2O. The summed E-state index contributed by atoms with van der Waals surface area (Å²) in [6, 6.07) is 1.78. The van der Waals surface area contributed by atoms with E-state index in [4.69, 9.17) is 5.11 Å². The summed E-state index contributed by atoms with van der Waals surface area (Å²) in [7, 11) is 0. The minimum absolute atomic E-state index is 0.265. The van der Waals surface area contributed by atoms with Crippen LogP contribution in [0.4, 0.5) is 0 Å². The predicted molar refractivity (Wildman–Crippen MR) is 42.0 cm³/mol. The van der Waals surface area contributed by atoms with Crippen molar-refractivity contribution >= 4 is 0 Å². The second-order valence-electron chi connectivity index (χ2n) is 2.55. The van der Waals surface area contributed by atoms with Crippen LogP contribution in [0.2, 0.25) is 0 Å². The van der Waals surface area contributed by atoms with E-state index in [1.165, 1.54) is 0 Å². The minimum atomic E-state index is -0.265. The van der Waals surface area contributed by atoms with Gasteiger partial charge in [0.05, 0.1) is 6.10 Å². The number of hydrogen-bond acceptors (Lipinski definition) is 3. The number of rotatable bonds is 3. The molecule has 60 valence electrons. The monoisotopic (exact) mass is 152 g/mol. The van der Waals surface area contributed by atoms with E-state index in [0.29, 0.717) is 0 Å². The molecule has 0 saturated carbocycles. The van der Waals surface area contributed by atoms with E-state index in [1.807, 2.05) is 0 Å². The van der Waals surface area contributed by atoms with Gasteiger partial charge in [-0.3, -0.25) is 0 Å². The SMILES string of the molecule is C[C@@H](O)CCc1ncccn1. The van der Waals surface area contributed by atoms with E-state index >= 15 is 0 Å². The van der Waals surface area contributed by atoms with E-state index in [2.05, 4.69) is 9.97 Å². The van der Waals surface area contributed by atoms with Gasteiger partial charge >= 0.3 is 0 Å². The van der Waals surface area contributed by atoms with Crippen molar-refractivity contribution in [3.63, 3.8) is 0 Å². The lowest BCUT2D eigenvalue weighted by atomic mass is 10.2. The molecule has 11 heavy (non-hydrogen) atoms. The molecule has 1 aromatic heterocycles. The Hall–Kier alpha value is -0.960. The molecule has 1 atom stereocenters. The summed E-state index contributed by atoms with van der Waals surface area (Å²) in [6.07, 6.45) is 4.64. The maximum Gasteiger partial charge on any atom is 0.128 e. The van der Waals surface area contributed by atoms with E-state index in [1.54, 1.807) is 25.4 Å². The summed E-state index contributed by atoms with van der Waals surface area (Å²) >= 11 is 0. The summed E-state index contributed by atoms with van der Waals surface area (Å²) in [6.45, 7) is 1.77.